The van der Waals surface area contributed by atoms with Gasteiger partial charge in [-0.3, -0.25) is 4.79 Å². The van der Waals surface area contributed by atoms with Gasteiger partial charge in [0.1, 0.15) is 6.04 Å². The highest BCUT2D eigenvalue weighted by Crippen LogP contribution is 2.18. The molecule has 0 aliphatic carbocycles. The Hall–Kier alpha value is -2.57. The van der Waals surface area contributed by atoms with E-state index < -0.39 is 18.0 Å². The molecule has 0 saturated carbocycles. The zero-order valence-electron chi connectivity index (χ0n) is 11.8. The Morgan fingerprint density at radius 3 is 2.81 bits per heavy atom. The van der Waals surface area contributed by atoms with Gasteiger partial charge in [0.05, 0.1) is 11.3 Å². The molecule has 3 amide bonds. The van der Waals surface area contributed by atoms with Crippen LogP contribution in [0.3, 0.4) is 0 Å². The topological polar surface area (TPSA) is 98.7 Å². The van der Waals surface area contributed by atoms with Crippen LogP contribution in [0.1, 0.15) is 22.8 Å². The SMILES string of the molecule is Cc1ccc(NC(=O)N2CCNC(=O)C2C)c(C(=O)O)c1. The summed E-state index contributed by atoms with van der Waals surface area (Å²) in [7, 11) is 0. The van der Waals surface area contributed by atoms with Gasteiger partial charge in [0, 0.05) is 13.1 Å². The number of hydrogen-bond acceptors (Lipinski definition) is 3. The number of urea groups is 1. The first-order valence-electron chi connectivity index (χ1n) is 6.59. The van der Waals surface area contributed by atoms with Crippen molar-refractivity contribution < 1.29 is 19.5 Å². The number of nitrogens with zero attached hydrogens (tertiary/aromatic N) is 1. The van der Waals surface area contributed by atoms with E-state index >= 15 is 0 Å². The van der Waals surface area contributed by atoms with Crippen molar-refractivity contribution in [1.29, 1.82) is 0 Å². The minimum absolute atomic E-state index is 0.0254. The lowest BCUT2D eigenvalue weighted by Gasteiger charge is -2.32. The van der Waals surface area contributed by atoms with Gasteiger partial charge in [0.15, 0.2) is 0 Å². The van der Waals surface area contributed by atoms with Crippen LogP contribution in [0.5, 0.6) is 0 Å². The number of amides is 3. The van der Waals surface area contributed by atoms with E-state index in [2.05, 4.69) is 10.6 Å². The summed E-state index contributed by atoms with van der Waals surface area (Å²) in [5, 5.41) is 14.4. The normalized spacial score (nSPS) is 18.1. The second kappa shape index (κ2) is 5.82. The molecule has 1 heterocycles. The van der Waals surface area contributed by atoms with Crippen LogP contribution in [-0.4, -0.2) is 47.0 Å². The van der Waals surface area contributed by atoms with E-state index in [-0.39, 0.29) is 17.2 Å². The number of carboxylic acids is 1. The average Bonchev–Trinajstić information content (AvgIpc) is 2.43. The second-order valence-electron chi connectivity index (χ2n) is 4.94. The van der Waals surface area contributed by atoms with Crippen LogP contribution in [0.15, 0.2) is 18.2 Å². The van der Waals surface area contributed by atoms with Crippen molar-refractivity contribution in [3.63, 3.8) is 0 Å². The summed E-state index contributed by atoms with van der Waals surface area (Å²) < 4.78 is 0. The number of hydrogen-bond donors (Lipinski definition) is 3. The van der Waals surface area contributed by atoms with E-state index in [0.717, 1.165) is 5.56 Å². The van der Waals surface area contributed by atoms with Gasteiger partial charge < -0.3 is 20.6 Å². The molecule has 1 aliphatic rings. The molecule has 2 rings (SSSR count). The minimum Gasteiger partial charge on any atom is -0.478 e. The fourth-order valence-corrected chi connectivity index (χ4v) is 2.19. The molecule has 7 heteroatoms. The van der Waals surface area contributed by atoms with Gasteiger partial charge in [0.2, 0.25) is 5.91 Å². The van der Waals surface area contributed by atoms with E-state index in [9.17, 15) is 19.5 Å². The predicted octanol–water partition coefficient (Wildman–Crippen LogP) is 1.05. The highest BCUT2D eigenvalue weighted by atomic mass is 16.4. The minimum atomic E-state index is -1.11. The molecule has 1 atom stereocenters. The molecule has 1 aromatic carbocycles. The Morgan fingerprint density at radius 1 is 1.43 bits per heavy atom. The summed E-state index contributed by atoms with van der Waals surface area (Å²) in [6, 6.07) is 3.69. The van der Waals surface area contributed by atoms with Crippen molar-refractivity contribution in [3.05, 3.63) is 29.3 Å². The first-order valence-corrected chi connectivity index (χ1v) is 6.59. The molecule has 1 aromatic rings. The number of rotatable bonds is 2. The number of aryl methyl sites for hydroxylation is 1. The zero-order valence-corrected chi connectivity index (χ0v) is 11.8. The highest BCUT2D eigenvalue weighted by Gasteiger charge is 2.29. The lowest BCUT2D eigenvalue weighted by atomic mass is 10.1. The number of carbonyl (C=O) groups excluding carboxylic acids is 2. The fraction of sp³-hybridized carbons (Fsp3) is 0.357. The number of benzene rings is 1. The average molecular weight is 291 g/mol. The monoisotopic (exact) mass is 291 g/mol. The standard InChI is InChI=1S/C14H17N3O4/c1-8-3-4-11(10(7-8)13(19)20)16-14(21)17-6-5-15-12(18)9(17)2/h3-4,7,9H,5-6H2,1-2H3,(H,15,18)(H,16,21)(H,19,20). The molecule has 1 aliphatic heterocycles. The molecular weight excluding hydrogens is 274 g/mol. The van der Waals surface area contributed by atoms with Crippen LogP contribution in [0.4, 0.5) is 10.5 Å². The van der Waals surface area contributed by atoms with Gasteiger partial charge in [-0.15, -0.1) is 0 Å². The molecule has 1 saturated heterocycles. The van der Waals surface area contributed by atoms with Gasteiger partial charge in [0.25, 0.3) is 0 Å². The van der Waals surface area contributed by atoms with Crippen molar-refractivity contribution >= 4 is 23.6 Å². The van der Waals surface area contributed by atoms with Crippen molar-refractivity contribution in [1.82, 2.24) is 10.2 Å². The molecule has 3 N–H and O–H groups in total. The summed E-state index contributed by atoms with van der Waals surface area (Å²) >= 11 is 0. The Kier molecular flexibility index (Phi) is 4.11. The molecule has 0 spiro atoms. The third kappa shape index (κ3) is 3.13. The first-order chi connectivity index (χ1) is 9.90. The van der Waals surface area contributed by atoms with Crippen molar-refractivity contribution in [2.75, 3.05) is 18.4 Å². The number of aromatic carboxylic acids is 1. The Labute approximate surface area is 121 Å². The van der Waals surface area contributed by atoms with Crippen LogP contribution in [0.25, 0.3) is 0 Å². The molecule has 1 unspecified atom stereocenters. The first kappa shape index (κ1) is 14.8. The van der Waals surface area contributed by atoms with E-state index in [0.29, 0.717) is 13.1 Å². The lowest BCUT2D eigenvalue weighted by molar-refractivity contribution is -0.126. The maximum atomic E-state index is 12.2. The Bertz CT molecular complexity index is 600. The van der Waals surface area contributed by atoms with Crippen molar-refractivity contribution in [3.8, 4) is 0 Å². The summed E-state index contributed by atoms with van der Waals surface area (Å²) in [4.78, 5) is 36.4. The summed E-state index contributed by atoms with van der Waals surface area (Å²) in [5.41, 5.74) is 1.03. The van der Waals surface area contributed by atoms with E-state index in [4.69, 9.17) is 0 Å². The van der Waals surface area contributed by atoms with Crippen LogP contribution >= 0.6 is 0 Å². The zero-order chi connectivity index (χ0) is 15.6. The third-order valence-corrected chi connectivity index (χ3v) is 3.41. The highest BCUT2D eigenvalue weighted by molar-refractivity contribution is 6.01. The number of nitrogens with one attached hydrogen (secondary N) is 2. The van der Waals surface area contributed by atoms with E-state index in [1.165, 1.54) is 11.0 Å². The third-order valence-electron chi connectivity index (χ3n) is 3.41. The summed E-state index contributed by atoms with van der Waals surface area (Å²) in [6.45, 7) is 4.17. The molecule has 112 valence electrons. The van der Waals surface area contributed by atoms with Gasteiger partial charge in [-0.25, -0.2) is 9.59 Å². The fourth-order valence-electron chi connectivity index (χ4n) is 2.19. The number of piperazine rings is 1. The van der Waals surface area contributed by atoms with E-state index in [1.807, 2.05) is 0 Å². The van der Waals surface area contributed by atoms with Crippen molar-refractivity contribution in [2.45, 2.75) is 19.9 Å². The largest absolute Gasteiger partial charge is 0.478 e. The van der Waals surface area contributed by atoms with E-state index in [1.54, 1.807) is 26.0 Å². The second-order valence-corrected chi connectivity index (χ2v) is 4.94. The quantitative estimate of drug-likeness (QED) is 0.758. The van der Waals surface area contributed by atoms with Crippen LogP contribution < -0.4 is 10.6 Å². The maximum absolute atomic E-state index is 12.2. The predicted molar refractivity (Wildman–Crippen MR) is 76.3 cm³/mol. The number of carbonyl (C=O) groups is 3. The molecule has 0 aromatic heterocycles. The smallest absolute Gasteiger partial charge is 0.337 e. The summed E-state index contributed by atoms with van der Waals surface area (Å²) in [5.74, 6) is -1.34. The van der Waals surface area contributed by atoms with Crippen LogP contribution in [0.2, 0.25) is 0 Å². The Balaban J connectivity index is 2.20. The molecular formula is C14H17N3O4. The lowest BCUT2D eigenvalue weighted by Crippen LogP contribution is -2.56. The number of carboxylic acid groups (broad SMARTS) is 1. The van der Waals surface area contributed by atoms with Crippen molar-refractivity contribution in [2.24, 2.45) is 0 Å². The van der Waals surface area contributed by atoms with Gasteiger partial charge in [-0.05, 0) is 26.0 Å². The molecule has 1 fully saturated rings. The van der Waals surface area contributed by atoms with Gasteiger partial charge in [-0.2, -0.15) is 0 Å². The van der Waals surface area contributed by atoms with Crippen LogP contribution in [-0.2, 0) is 4.79 Å². The van der Waals surface area contributed by atoms with Gasteiger partial charge >= 0.3 is 12.0 Å². The molecule has 0 bridgehead atoms. The number of anilines is 1. The maximum Gasteiger partial charge on any atom is 0.337 e. The van der Waals surface area contributed by atoms with Gasteiger partial charge in [-0.1, -0.05) is 11.6 Å². The Morgan fingerprint density at radius 2 is 2.14 bits per heavy atom. The molecule has 0 radical (unpaired) electrons. The summed E-state index contributed by atoms with van der Waals surface area (Å²) in [6.07, 6.45) is 0. The molecule has 21 heavy (non-hydrogen) atoms. The van der Waals surface area contributed by atoms with Crippen LogP contribution in [0, 0.1) is 6.92 Å². The molecule has 7 nitrogen and oxygen atoms in total.